The van der Waals surface area contributed by atoms with Gasteiger partial charge in [-0.15, -0.1) is 0 Å². The van der Waals surface area contributed by atoms with Gasteiger partial charge in [-0.1, -0.05) is 43.6 Å². The van der Waals surface area contributed by atoms with Gasteiger partial charge in [-0.05, 0) is 48.4 Å². The van der Waals surface area contributed by atoms with Gasteiger partial charge in [-0.3, -0.25) is 0 Å². The van der Waals surface area contributed by atoms with Crippen molar-refractivity contribution in [1.29, 1.82) is 0 Å². The summed E-state index contributed by atoms with van der Waals surface area (Å²) in [6.07, 6.45) is 4.28. The fourth-order valence-corrected chi connectivity index (χ4v) is 3.88. The predicted molar refractivity (Wildman–Crippen MR) is 88.7 cm³/mol. The molecule has 2 atom stereocenters. The Bertz CT molecular complexity index is 657. The van der Waals surface area contributed by atoms with E-state index in [0.29, 0.717) is 0 Å². The monoisotopic (exact) mass is 302 g/mol. The number of hydrogen-bond acceptors (Lipinski definition) is 1. The predicted octanol–water partition coefficient (Wildman–Crippen LogP) is 4.72. The lowest BCUT2D eigenvalue weighted by molar-refractivity contribution is 0.274. The van der Waals surface area contributed by atoms with Crippen LogP contribution in [-0.4, -0.2) is 4.57 Å². The molecule has 2 aromatic rings. The van der Waals surface area contributed by atoms with Gasteiger partial charge in [0.25, 0.3) is 0 Å². The third kappa shape index (κ3) is 2.63. The van der Waals surface area contributed by atoms with Crippen LogP contribution < -0.4 is 5.73 Å². The van der Waals surface area contributed by atoms with E-state index < -0.39 is 0 Å². The van der Waals surface area contributed by atoms with Gasteiger partial charge in [0.05, 0.1) is 6.04 Å². The smallest absolute Gasteiger partial charge is 0.0569 e. The van der Waals surface area contributed by atoms with Gasteiger partial charge in [-0.2, -0.15) is 0 Å². The summed E-state index contributed by atoms with van der Waals surface area (Å²) in [6, 6.07) is 10.6. The van der Waals surface area contributed by atoms with Crippen molar-refractivity contribution in [2.24, 2.45) is 11.1 Å². The quantitative estimate of drug-likeness (QED) is 0.854. The van der Waals surface area contributed by atoms with Crippen LogP contribution >= 0.6 is 11.6 Å². The summed E-state index contributed by atoms with van der Waals surface area (Å²) < 4.78 is 2.34. The molecule has 0 spiro atoms. The van der Waals surface area contributed by atoms with Crippen LogP contribution in [-0.2, 0) is 6.42 Å². The average Bonchev–Trinajstić information content (AvgIpc) is 2.81. The third-order valence-electron chi connectivity index (χ3n) is 4.65. The maximum atomic E-state index is 6.37. The Balaban J connectivity index is 2.04. The maximum Gasteiger partial charge on any atom is 0.0569 e. The fourth-order valence-electron chi connectivity index (χ4n) is 3.58. The number of nitrogens with two attached hydrogens (primary N) is 1. The van der Waals surface area contributed by atoms with Crippen molar-refractivity contribution in [2.75, 3.05) is 0 Å². The highest BCUT2D eigenvalue weighted by Gasteiger charge is 2.33. The second-order valence-corrected chi connectivity index (χ2v) is 7.38. The minimum Gasteiger partial charge on any atom is -0.344 e. The molecule has 3 heteroatoms. The van der Waals surface area contributed by atoms with Crippen LogP contribution in [0.25, 0.3) is 0 Å². The minimum atomic E-state index is 0.142. The number of benzene rings is 1. The Kier molecular flexibility index (Phi) is 3.62. The van der Waals surface area contributed by atoms with Gasteiger partial charge in [0.2, 0.25) is 0 Å². The molecule has 0 saturated carbocycles. The maximum absolute atomic E-state index is 6.37. The molecule has 1 aliphatic rings. The standard InChI is InChI=1S/C18H23ClN2/c1-12(13-6-4-5-7-15(13)19)21-9-8-14-16(20)10-18(2,3)11-17(14)21/h4-9,12,16H,10-11,20H2,1-3H3. The molecule has 2 N–H and O–H groups in total. The molecule has 21 heavy (non-hydrogen) atoms. The molecule has 0 bridgehead atoms. The summed E-state index contributed by atoms with van der Waals surface area (Å²) in [5.41, 5.74) is 10.4. The van der Waals surface area contributed by atoms with Crippen molar-refractivity contribution in [3.8, 4) is 0 Å². The molecule has 2 unspecified atom stereocenters. The third-order valence-corrected chi connectivity index (χ3v) is 4.99. The number of nitrogens with zero attached hydrogens (tertiary/aromatic N) is 1. The van der Waals surface area contributed by atoms with Crippen molar-refractivity contribution in [2.45, 2.75) is 45.7 Å². The highest BCUT2D eigenvalue weighted by Crippen LogP contribution is 2.41. The van der Waals surface area contributed by atoms with E-state index in [9.17, 15) is 0 Å². The molecule has 0 saturated heterocycles. The lowest BCUT2D eigenvalue weighted by atomic mass is 9.74. The molecule has 0 radical (unpaired) electrons. The molecule has 0 amide bonds. The topological polar surface area (TPSA) is 30.9 Å². The lowest BCUT2D eigenvalue weighted by Gasteiger charge is -2.35. The molecule has 3 rings (SSSR count). The Morgan fingerprint density at radius 1 is 1.29 bits per heavy atom. The number of fused-ring (bicyclic) bond motifs is 1. The average molecular weight is 303 g/mol. The van der Waals surface area contributed by atoms with E-state index in [0.717, 1.165) is 23.4 Å². The molecule has 2 nitrogen and oxygen atoms in total. The van der Waals surface area contributed by atoms with Crippen LogP contribution in [0.15, 0.2) is 36.5 Å². The summed E-state index contributed by atoms with van der Waals surface area (Å²) >= 11 is 6.37. The number of hydrogen-bond donors (Lipinski definition) is 1. The van der Waals surface area contributed by atoms with E-state index >= 15 is 0 Å². The molecule has 0 aliphatic heterocycles. The zero-order valence-corrected chi connectivity index (χ0v) is 13.7. The Morgan fingerprint density at radius 2 is 2.00 bits per heavy atom. The first-order chi connectivity index (χ1) is 9.89. The molecular weight excluding hydrogens is 280 g/mol. The highest BCUT2D eigenvalue weighted by atomic mass is 35.5. The van der Waals surface area contributed by atoms with Crippen molar-refractivity contribution in [3.05, 3.63) is 58.4 Å². The van der Waals surface area contributed by atoms with Crippen LogP contribution in [0.2, 0.25) is 5.02 Å². The van der Waals surface area contributed by atoms with E-state index in [4.69, 9.17) is 17.3 Å². The first-order valence-corrected chi connectivity index (χ1v) is 7.96. The molecule has 1 heterocycles. The Labute approximate surface area is 131 Å². The summed E-state index contributed by atoms with van der Waals surface area (Å²) in [5.74, 6) is 0. The summed E-state index contributed by atoms with van der Waals surface area (Å²) in [7, 11) is 0. The second-order valence-electron chi connectivity index (χ2n) is 6.97. The zero-order valence-electron chi connectivity index (χ0n) is 12.9. The molecule has 1 aromatic heterocycles. The normalized spacial score (nSPS) is 21.9. The van der Waals surface area contributed by atoms with Crippen LogP contribution in [0.4, 0.5) is 0 Å². The zero-order chi connectivity index (χ0) is 15.2. The van der Waals surface area contributed by atoms with Crippen LogP contribution in [0.3, 0.4) is 0 Å². The van der Waals surface area contributed by atoms with Gasteiger partial charge < -0.3 is 10.3 Å². The lowest BCUT2D eigenvalue weighted by Crippen LogP contribution is -2.31. The van der Waals surface area contributed by atoms with Gasteiger partial charge in [0, 0.05) is 23.0 Å². The van der Waals surface area contributed by atoms with Crippen LogP contribution in [0.5, 0.6) is 0 Å². The second kappa shape index (κ2) is 5.19. The largest absolute Gasteiger partial charge is 0.344 e. The van der Waals surface area contributed by atoms with Crippen molar-refractivity contribution in [1.82, 2.24) is 4.57 Å². The van der Waals surface area contributed by atoms with Gasteiger partial charge >= 0.3 is 0 Å². The number of aromatic nitrogens is 1. The summed E-state index contributed by atoms with van der Waals surface area (Å²) in [6.45, 7) is 6.80. The molecule has 1 aromatic carbocycles. The SMILES string of the molecule is CC(c1ccccc1Cl)n1ccc2c1CC(C)(C)CC2N. The van der Waals surface area contributed by atoms with Crippen molar-refractivity contribution in [3.63, 3.8) is 0 Å². The number of rotatable bonds is 2. The van der Waals surface area contributed by atoms with E-state index in [1.54, 1.807) is 0 Å². The van der Waals surface area contributed by atoms with Crippen molar-refractivity contribution < 1.29 is 0 Å². The number of halogens is 1. The van der Waals surface area contributed by atoms with Gasteiger partial charge in [-0.25, -0.2) is 0 Å². The van der Waals surface area contributed by atoms with Gasteiger partial charge in [0.15, 0.2) is 0 Å². The van der Waals surface area contributed by atoms with E-state index in [1.165, 1.54) is 11.3 Å². The van der Waals surface area contributed by atoms with E-state index in [1.807, 2.05) is 18.2 Å². The fraction of sp³-hybridized carbons (Fsp3) is 0.444. The molecular formula is C18H23ClN2. The van der Waals surface area contributed by atoms with Gasteiger partial charge in [0.1, 0.15) is 0 Å². The van der Waals surface area contributed by atoms with Crippen LogP contribution in [0, 0.1) is 5.41 Å². The van der Waals surface area contributed by atoms with Crippen LogP contribution in [0.1, 0.15) is 56.1 Å². The molecule has 0 fully saturated rings. The van der Waals surface area contributed by atoms with E-state index in [-0.39, 0.29) is 17.5 Å². The first kappa shape index (κ1) is 14.7. The Morgan fingerprint density at radius 3 is 2.71 bits per heavy atom. The summed E-state index contributed by atoms with van der Waals surface area (Å²) in [5, 5.41) is 0.826. The minimum absolute atomic E-state index is 0.142. The first-order valence-electron chi connectivity index (χ1n) is 7.59. The molecule has 1 aliphatic carbocycles. The highest BCUT2D eigenvalue weighted by molar-refractivity contribution is 6.31. The summed E-state index contributed by atoms with van der Waals surface area (Å²) in [4.78, 5) is 0. The Hall–Kier alpha value is -1.25. The van der Waals surface area contributed by atoms with E-state index in [2.05, 4.69) is 43.7 Å². The van der Waals surface area contributed by atoms with Crippen molar-refractivity contribution >= 4 is 11.6 Å². The molecule has 112 valence electrons.